The number of carbonyl (C=O) groups excluding carboxylic acids is 1. The number of amides is 1. The van der Waals surface area contributed by atoms with Crippen LogP contribution in [-0.2, 0) is 4.84 Å². The maximum Gasteiger partial charge on any atom is 0.277 e. The quantitative estimate of drug-likeness (QED) is 0.383. The molecule has 1 fully saturated rings. The van der Waals surface area contributed by atoms with Crippen molar-refractivity contribution in [2.75, 3.05) is 18.5 Å². The van der Waals surface area contributed by atoms with Gasteiger partial charge in [0.05, 0.1) is 35.2 Å². The number of halogens is 4. The zero-order valence-electron chi connectivity index (χ0n) is 14.0. The molecule has 0 radical (unpaired) electrons. The van der Waals surface area contributed by atoms with Crippen LogP contribution in [0, 0.1) is 20.6 Å². The van der Waals surface area contributed by atoms with Crippen LogP contribution < -0.4 is 10.8 Å². The number of nitrogens with one attached hydrogen (secondary N) is 2. The molecule has 144 valence electrons. The van der Waals surface area contributed by atoms with Gasteiger partial charge in [-0.2, -0.15) is 0 Å². The lowest BCUT2D eigenvalue weighted by atomic mass is 10.1. The van der Waals surface area contributed by atoms with Crippen LogP contribution in [0.25, 0.3) is 0 Å². The van der Waals surface area contributed by atoms with E-state index in [1.165, 1.54) is 12.1 Å². The Balaban J connectivity index is 1.79. The average molecular weight is 509 g/mol. The Labute approximate surface area is 173 Å². The fraction of sp³-hybridized carbons (Fsp3) is 0.278. The van der Waals surface area contributed by atoms with Crippen molar-refractivity contribution in [3.63, 3.8) is 0 Å². The highest BCUT2D eigenvalue weighted by atomic mass is 127. The van der Waals surface area contributed by atoms with Gasteiger partial charge in [0.25, 0.3) is 5.91 Å². The van der Waals surface area contributed by atoms with Gasteiger partial charge in [-0.1, -0.05) is 11.6 Å². The molecule has 3 N–H and O–H groups in total. The first kappa shape index (κ1) is 20.2. The third kappa shape index (κ3) is 4.87. The second kappa shape index (κ2) is 8.26. The molecule has 0 heterocycles. The molecule has 1 aliphatic rings. The van der Waals surface area contributed by atoms with E-state index in [4.69, 9.17) is 16.4 Å². The predicted octanol–water partition coefficient (Wildman–Crippen LogP) is 4.40. The van der Waals surface area contributed by atoms with Crippen LogP contribution in [0.15, 0.2) is 30.3 Å². The number of hydrogen-bond donors (Lipinski definition) is 3. The molecule has 0 unspecified atom stereocenters. The zero-order chi connectivity index (χ0) is 19.6. The van der Waals surface area contributed by atoms with Gasteiger partial charge in [0.1, 0.15) is 11.6 Å². The van der Waals surface area contributed by atoms with Gasteiger partial charge < -0.3 is 10.4 Å². The highest BCUT2D eigenvalue weighted by Crippen LogP contribution is 2.44. The predicted molar refractivity (Wildman–Crippen MR) is 106 cm³/mol. The molecule has 9 heteroatoms. The molecule has 27 heavy (non-hydrogen) atoms. The van der Waals surface area contributed by atoms with Crippen molar-refractivity contribution in [1.82, 2.24) is 5.48 Å². The van der Waals surface area contributed by atoms with Crippen LogP contribution in [0.3, 0.4) is 0 Å². The Hall–Kier alpha value is -1.49. The van der Waals surface area contributed by atoms with Crippen molar-refractivity contribution in [1.29, 1.82) is 0 Å². The summed E-state index contributed by atoms with van der Waals surface area (Å²) in [7, 11) is 0. The van der Waals surface area contributed by atoms with E-state index >= 15 is 0 Å². The SMILES string of the molecule is O=C(NOCC1(CO)CC1)c1cc(Cl)c(F)cc1Nc1ccc(I)cc1F. The summed E-state index contributed by atoms with van der Waals surface area (Å²) >= 11 is 7.76. The van der Waals surface area contributed by atoms with Gasteiger partial charge in [-0.05, 0) is 65.8 Å². The summed E-state index contributed by atoms with van der Waals surface area (Å²) in [5.74, 6) is -1.96. The van der Waals surface area contributed by atoms with Gasteiger partial charge in [-0.15, -0.1) is 0 Å². The number of carbonyl (C=O) groups is 1. The third-order valence-corrected chi connectivity index (χ3v) is 5.30. The minimum Gasteiger partial charge on any atom is -0.396 e. The summed E-state index contributed by atoms with van der Waals surface area (Å²) in [4.78, 5) is 17.6. The Bertz CT molecular complexity index is 878. The minimum atomic E-state index is -0.750. The molecule has 0 aromatic heterocycles. The van der Waals surface area contributed by atoms with Gasteiger partial charge >= 0.3 is 0 Å². The maximum atomic E-state index is 14.1. The summed E-state index contributed by atoms with van der Waals surface area (Å²) in [6, 6.07) is 6.62. The van der Waals surface area contributed by atoms with Gasteiger partial charge in [0.15, 0.2) is 0 Å². The van der Waals surface area contributed by atoms with Crippen molar-refractivity contribution in [2.45, 2.75) is 12.8 Å². The van der Waals surface area contributed by atoms with Crippen LogP contribution in [-0.4, -0.2) is 24.2 Å². The lowest BCUT2D eigenvalue weighted by Crippen LogP contribution is -2.28. The fourth-order valence-electron chi connectivity index (χ4n) is 2.41. The van der Waals surface area contributed by atoms with Crippen molar-refractivity contribution >= 4 is 51.5 Å². The van der Waals surface area contributed by atoms with E-state index in [0.29, 0.717) is 3.57 Å². The van der Waals surface area contributed by atoms with Crippen molar-refractivity contribution < 1.29 is 23.5 Å². The molecule has 1 aliphatic carbocycles. The second-order valence-electron chi connectivity index (χ2n) is 6.44. The van der Waals surface area contributed by atoms with E-state index in [9.17, 15) is 18.7 Å². The molecule has 3 rings (SSSR count). The molecule has 1 amide bonds. The first-order chi connectivity index (χ1) is 12.8. The Morgan fingerprint density at radius 3 is 2.59 bits per heavy atom. The first-order valence-electron chi connectivity index (χ1n) is 8.08. The van der Waals surface area contributed by atoms with Crippen LogP contribution in [0.5, 0.6) is 0 Å². The van der Waals surface area contributed by atoms with Crippen molar-refractivity contribution in [3.8, 4) is 0 Å². The number of hydrogen-bond acceptors (Lipinski definition) is 4. The van der Waals surface area contributed by atoms with E-state index in [1.54, 1.807) is 6.07 Å². The molecule has 0 aliphatic heterocycles. The smallest absolute Gasteiger partial charge is 0.277 e. The van der Waals surface area contributed by atoms with E-state index in [2.05, 4.69) is 10.8 Å². The molecular weight excluding hydrogens is 493 g/mol. The average Bonchev–Trinajstić information content (AvgIpc) is 3.40. The standard InChI is InChI=1S/C18H16ClF2IN2O3/c19-12-6-11(17(26)24-27-9-18(8-25)3-4-18)16(7-13(12)20)23-15-2-1-10(22)5-14(15)21/h1-2,5-7,23,25H,3-4,8-9H2,(H,24,26). The van der Waals surface area contributed by atoms with Crippen LogP contribution in [0.4, 0.5) is 20.2 Å². The summed E-state index contributed by atoms with van der Waals surface area (Å²) in [6.45, 7) is 0.142. The number of rotatable bonds is 7. The molecule has 0 spiro atoms. The molecular formula is C18H16ClF2IN2O3. The third-order valence-electron chi connectivity index (χ3n) is 4.34. The molecule has 0 saturated heterocycles. The molecule has 2 aromatic carbocycles. The number of anilines is 2. The highest BCUT2D eigenvalue weighted by molar-refractivity contribution is 14.1. The van der Waals surface area contributed by atoms with Crippen LogP contribution in [0.2, 0.25) is 5.02 Å². The lowest BCUT2D eigenvalue weighted by molar-refractivity contribution is -0.0000226. The van der Waals surface area contributed by atoms with Gasteiger partial charge in [0, 0.05) is 8.99 Å². The monoisotopic (exact) mass is 508 g/mol. The summed E-state index contributed by atoms with van der Waals surface area (Å²) in [6.07, 6.45) is 1.64. The lowest BCUT2D eigenvalue weighted by Gasteiger charge is -2.15. The first-order valence-corrected chi connectivity index (χ1v) is 9.53. The molecule has 5 nitrogen and oxygen atoms in total. The van der Waals surface area contributed by atoms with Gasteiger partial charge in [-0.3, -0.25) is 9.63 Å². The Kier molecular flexibility index (Phi) is 6.19. The largest absolute Gasteiger partial charge is 0.396 e. The Morgan fingerprint density at radius 2 is 1.96 bits per heavy atom. The van der Waals surface area contributed by atoms with Crippen molar-refractivity contribution in [3.05, 3.63) is 56.1 Å². The zero-order valence-corrected chi connectivity index (χ0v) is 16.9. The number of hydroxylamine groups is 1. The molecule has 0 bridgehead atoms. The normalized spacial score (nSPS) is 14.7. The minimum absolute atomic E-state index is 0.00630. The van der Waals surface area contributed by atoms with Gasteiger partial charge in [0.2, 0.25) is 0 Å². The van der Waals surface area contributed by atoms with E-state index in [1.807, 2.05) is 22.6 Å². The van der Waals surface area contributed by atoms with Crippen molar-refractivity contribution in [2.24, 2.45) is 5.41 Å². The molecule has 0 atom stereocenters. The maximum absolute atomic E-state index is 14.1. The van der Waals surface area contributed by atoms with Crippen LogP contribution >= 0.6 is 34.2 Å². The summed E-state index contributed by atoms with van der Waals surface area (Å²) in [5.41, 5.74) is 2.08. The summed E-state index contributed by atoms with van der Waals surface area (Å²) in [5, 5.41) is 11.7. The number of aliphatic hydroxyl groups is 1. The number of benzene rings is 2. The van der Waals surface area contributed by atoms with E-state index < -0.39 is 17.5 Å². The topological polar surface area (TPSA) is 70.6 Å². The number of aliphatic hydroxyl groups excluding tert-OH is 1. The van der Waals surface area contributed by atoms with E-state index in [0.717, 1.165) is 25.0 Å². The van der Waals surface area contributed by atoms with E-state index in [-0.39, 0.29) is 40.6 Å². The Morgan fingerprint density at radius 1 is 1.22 bits per heavy atom. The fourth-order valence-corrected chi connectivity index (χ4v) is 3.03. The van der Waals surface area contributed by atoms with Gasteiger partial charge in [-0.25, -0.2) is 14.3 Å². The molecule has 2 aromatic rings. The summed E-state index contributed by atoms with van der Waals surface area (Å²) < 4.78 is 28.7. The molecule has 1 saturated carbocycles. The second-order valence-corrected chi connectivity index (χ2v) is 8.09. The van der Waals surface area contributed by atoms with Crippen LogP contribution in [0.1, 0.15) is 23.2 Å². The highest BCUT2D eigenvalue weighted by Gasteiger charge is 2.42.